The zero-order valence-corrected chi connectivity index (χ0v) is 15.6. The number of amides is 1. The van der Waals surface area contributed by atoms with Crippen LogP contribution in [0.15, 0.2) is 28.2 Å². The summed E-state index contributed by atoms with van der Waals surface area (Å²) in [7, 11) is 0. The van der Waals surface area contributed by atoms with Gasteiger partial charge in [-0.05, 0) is 31.0 Å². The van der Waals surface area contributed by atoms with E-state index in [0.29, 0.717) is 21.7 Å². The summed E-state index contributed by atoms with van der Waals surface area (Å²) in [6.45, 7) is 4.40. The Labute approximate surface area is 153 Å². The van der Waals surface area contributed by atoms with Gasteiger partial charge in [0.05, 0.1) is 21.8 Å². The van der Waals surface area contributed by atoms with E-state index in [1.54, 1.807) is 12.1 Å². The van der Waals surface area contributed by atoms with Crippen molar-refractivity contribution in [2.24, 2.45) is 0 Å². The van der Waals surface area contributed by atoms with E-state index in [1.807, 2.05) is 19.9 Å². The summed E-state index contributed by atoms with van der Waals surface area (Å²) in [5, 5.41) is 10.7. The Balaban J connectivity index is 1.93. The van der Waals surface area contributed by atoms with Crippen molar-refractivity contribution in [1.29, 1.82) is 0 Å². The molecule has 6 nitrogen and oxygen atoms in total. The Morgan fingerprint density at radius 1 is 1.42 bits per heavy atom. The molecule has 2 aromatic rings. The average Bonchev–Trinajstić information content (AvgIpc) is 2.89. The lowest BCUT2D eigenvalue weighted by molar-refractivity contribution is -0.119. The van der Waals surface area contributed by atoms with Gasteiger partial charge >= 0.3 is 5.69 Å². The van der Waals surface area contributed by atoms with Crippen LogP contribution in [0.25, 0.3) is 0 Å². The second kappa shape index (κ2) is 8.60. The van der Waals surface area contributed by atoms with Crippen molar-refractivity contribution in [2.45, 2.75) is 38.0 Å². The summed E-state index contributed by atoms with van der Waals surface area (Å²) in [6.07, 6.45) is 0.813. The summed E-state index contributed by atoms with van der Waals surface area (Å²) in [4.78, 5) is 23.7. The first kappa shape index (κ1) is 18.9. The van der Waals surface area contributed by atoms with Gasteiger partial charge in [-0.2, -0.15) is 0 Å². The molecular formula is C15H18Cl2N4O2S. The molecule has 0 aliphatic rings. The van der Waals surface area contributed by atoms with Crippen LogP contribution < -0.4 is 11.0 Å². The summed E-state index contributed by atoms with van der Waals surface area (Å²) >= 11 is 13.1. The van der Waals surface area contributed by atoms with Crippen LogP contribution in [0.4, 0.5) is 0 Å². The van der Waals surface area contributed by atoms with Crippen LogP contribution in [-0.2, 0) is 11.3 Å². The molecule has 9 heteroatoms. The largest absolute Gasteiger partial charge is 0.349 e. The minimum absolute atomic E-state index is 0.155. The Morgan fingerprint density at radius 3 is 2.83 bits per heavy atom. The van der Waals surface area contributed by atoms with E-state index < -0.39 is 0 Å². The smallest absolute Gasteiger partial charge is 0.343 e. The third kappa shape index (κ3) is 4.78. The van der Waals surface area contributed by atoms with Crippen LogP contribution >= 0.6 is 35.0 Å². The molecular weight excluding hydrogens is 371 g/mol. The van der Waals surface area contributed by atoms with Gasteiger partial charge in [-0.15, -0.1) is 5.10 Å². The van der Waals surface area contributed by atoms with Crippen LogP contribution in [0.5, 0.6) is 0 Å². The summed E-state index contributed by atoms with van der Waals surface area (Å²) in [5.74, 6) is 0.0108. The molecule has 0 saturated carbocycles. The maximum absolute atomic E-state index is 12.1. The normalized spacial score (nSPS) is 12.2. The highest BCUT2D eigenvalue weighted by atomic mass is 35.5. The van der Waals surface area contributed by atoms with Gasteiger partial charge in [0.25, 0.3) is 0 Å². The first-order chi connectivity index (χ1) is 11.4. The van der Waals surface area contributed by atoms with E-state index >= 15 is 0 Å². The van der Waals surface area contributed by atoms with Crippen LogP contribution in [0, 0.1) is 0 Å². The fraction of sp³-hybridized carbons (Fsp3) is 0.400. The number of aromatic nitrogens is 3. The molecule has 1 amide bonds. The van der Waals surface area contributed by atoms with Gasteiger partial charge in [-0.1, -0.05) is 48.0 Å². The van der Waals surface area contributed by atoms with Gasteiger partial charge in [-0.25, -0.2) is 9.89 Å². The number of carbonyl (C=O) groups excluding carboxylic acids is 1. The Hall–Kier alpha value is -1.44. The van der Waals surface area contributed by atoms with Crippen LogP contribution in [0.2, 0.25) is 10.0 Å². The summed E-state index contributed by atoms with van der Waals surface area (Å²) < 4.78 is 1.53. The molecule has 2 N–H and O–H groups in total. The number of thioether (sulfide) groups is 1. The quantitative estimate of drug-likeness (QED) is 0.713. The number of benzene rings is 1. The van der Waals surface area contributed by atoms with Gasteiger partial charge in [0.1, 0.15) is 0 Å². The average molecular weight is 389 g/mol. The van der Waals surface area contributed by atoms with Crippen molar-refractivity contribution < 1.29 is 4.79 Å². The van der Waals surface area contributed by atoms with E-state index in [1.165, 1.54) is 16.3 Å². The van der Waals surface area contributed by atoms with Crippen molar-refractivity contribution in [3.05, 3.63) is 44.3 Å². The van der Waals surface area contributed by atoms with Crippen molar-refractivity contribution >= 4 is 40.9 Å². The van der Waals surface area contributed by atoms with E-state index in [-0.39, 0.29) is 23.4 Å². The third-order valence-electron chi connectivity index (χ3n) is 3.32. The SMILES string of the molecule is CCCn1c(SCC(=O)NC(C)c2ccc(Cl)c(Cl)c2)n[nH]c1=O. The topological polar surface area (TPSA) is 79.8 Å². The molecule has 2 rings (SSSR count). The highest BCUT2D eigenvalue weighted by Gasteiger charge is 2.14. The van der Waals surface area contributed by atoms with Gasteiger partial charge in [0.15, 0.2) is 5.16 Å². The minimum Gasteiger partial charge on any atom is -0.349 e. The zero-order valence-electron chi connectivity index (χ0n) is 13.3. The molecule has 1 atom stereocenters. The van der Waals surface area contributed by atoms with E-state index in [4.69, 9.17) is 23.2 Å². The Bertz CT molecular complexity index is 775. The predicted octanol–water partition coefficient (Wildman–Crippen LogP) is 3.26. The maximum Gasteiger partial charge on any atom is 0.343 e. The molecule has 1 unspecified atom stereocenters. The van der Waals surface area contributed by atoms with Gasteiger partial charge in [-0.3, -0.25) is 9.36 Å². The van der Waals surface area contributed by atoms with Gasteiger partial charge < -0.3 is 5.32 Å². The van der Waals surface area contributed by atoms with Crippen molar-refractivity contribution in [2.75, 3.05) is 5.75 Å². The second-order valence-electron chi connectivity index (χ2n) is 5.21. The van der Waals surface area contributed by atoms with Crippen LogP contribution in [0.3, 0.4) is 0 Å². The molecule has 24 heavy (non-hydrogen) atoms. The molecule has 1 heterocycles. The highest BCUT2D eigenvalue weighted by molar-refractivity contribution is 7.99. The number of rotatable bonds is 7. The van der Waals surface area contributed by atoms with Crippen molar-refractivity contribution in [3.8, 4) is 0 Å². The first-order valence-corrected chi connectivity index (χ1v) is 9.18. The molecule has 0 bridgehead atoms. The standard InChI is InChI=1S/C15H18Cl2N4O2S/c1-3-6-21-14(23)19-20-15(21)24-8-13(22)18-9(2)10-4-5-11(16)12(17)7-10/h4-5,7,9H,3,6,8H2,1-2H3,(H,18,22)(H,19,23). The fourth-order valence-electron chi connectivity index (χ4n) is 2.11. The third-order valence-corrected chi connectivity index (χ3v) is 5.04. The second-order valence-corrected chi connectivity index (χ2v) is 6.97. The molecule has 0 aliphatic heterocycles. The predicted molar refractivity (Wildman–Crippen MR) is 96.9 cm³/mol. The number of nitrogens with zero attached hydrogens (tertiary/aromatic N) is 2. The minimum atomic E-state index is -0.260. The number of H-pyrrole nitrogens is 1. The number of hydrogen-bond acceptors (Lipinski definition) is 4. The van der Waals surface area contributed by atoms with Crippen molar-refractivity contribution in [1.82, 2.24) is 20.1 Å². The Morgan fingerprint density at radius 2 is 2.17 bits per heavy atom. The molecule has 130 valence electrons. The molecule has 1 aromatic carbocycles. The molecule has 0 aliphatic carbocycles. The first-order valence-electron chi connectivity index (χ1n) is 7.44. The molecule has 0 radical (unpaired) electrons. The fourth-order valence-corrected chi connectivity index (χ4v) is 3.20. The van der Waals surface area contributed by atoms with Crippen LogP contribution in [0.1, 0.15) is 31.9 Å². The number of carbonyl (C=O) groups is 1. The highest BCUT2D eigenvalue weighted by Crippen LogP contribution is 2.25. The monoisotopic (exact) mass is 388 g/mol. The number of halogens is 2. The lowest BCUT2D eigenvalue weighted by atomic mass is 10.1. The summed E-state index contributed by atoms with van der Waals surface area (Å²) in [5.41, 5.74) is 0.606. The van der Waals surface area contributed by atoms with E-state index in [9.17, 15) is 9.59 Å². The van der Waals surface area contributed by atoms with Crippen LogP contribution in [-0.4, -0.2) is 26.4 Å². The Kier molecular flexibility index (Phi) is 6.77. The molecule has 0 fully saturated rings. The lowest BCUT2D eigenvalue weighted by Gasteiger charge is -2.15. The van der Waals surface area contributed by atoms with Crippen molar-refractivity contribution in [3.63, 3.8) is 0 Å². The maximum atomic E-state index is 12.1. The van der Waals surface area contributed by atoms with Gasteiger partial charge in [0.2, 0.25) is 5.91 Å². The number of hydrogen-bond donors (Lipinski definition) is 2. The van der Waals surface area contributed by atoms with E-state index in [0.717, 1.165) is 12.0 Å². The molecule has 1 aromatic heterocycles. The van der Waals surface area contributed by atoms with Gasteiger partial charge in [0, 0.05) is 6.54 Å². The zero-order chi connectivity index (χ0) is 17.7. The molecule has 0 saturated heterocycles. The number of aromatic amines is 1. The lowest BCUT2D eigenvalue weighted by Crippen LogP contribution is -2.28. The summed E-state index contributed by atoms with van der Waals surface area (Å²) in [6, 6.07) is 5.04. The molecule has 0 spiro atoms. The number of nitrogens with one attached hydrogen (secondary N) is 2. The van der Waals surface area contributed by atoms with E-state index in [2.05, 4.69) is 15.5 Å².